The Bertz CT molecular complexity index is 2400. The highest BCUT2D eigenvalue weighted by Gasteiger charge is 2.18. The van der Waals surface area contributed by atoms with E-state index < -0.39 is 0 Å². The maximum absolute atomic E-state index is 5.09. The normalized spacial score (nSPS) is 13.7. The van der Waals surface area contributed by atoms with Gasteiger partial charge in [-0.05, 0) is 140 Å². The zero-order chi connectivity index (χ0) is 35.9. The lowest BCUT2D eigenvalue weighted by Gasteiger charge is -2.17. The minimum absolute atomic E-state index is 0.638. The van der Waals surface area contributed by atoms with E-state index in [4.69, 9.17) is 19.9 Å². The summed E-state index contributed by atoms with van der Waals surface area (Å²) < 4.78 is 1.03. The minimum Gasteiger partial charge on any atom is -0.255 e. The summed E-state index contributed by atoms with van der Waals surface area (Å²) in [5.74, 6) is 2.06. The lowest BCUT2D eigenvalue weighted by atomic mass is 9.90. The fourth-order valence-electron chi connectivity index (χ4n) is 8.20. The number of fused-ring (bicyclic) bond motifs is 2. The molecule has 2 heterocycles. The van der Waals surface area contributed by atoms with Crippen LogP contribution in [0.1, 0.15) is 59.1 Å². The van der Waals surface area contributed by atoms with Gasteiger partial charge in [0.05, 0.1) is 5.69 Å². The average Bonchev–Trinajstić information content (AvgIpc) is 3.20. The van der Waals surface area contributed by atoms with Crippen molar-refractivity contribution >= 4 is 15.9 Å². The van der Waals surface area contributed by atoms with Crippen LogP contribution in [0.4, 0.5) is 0 Å². The number of benzene rings is 5. The lowest BCUT2D eigenvalue weighted by Crippen LogP contribution is -2.05. The highest BCUT2D eigenvalue weighted by molar-refractivity contribution is 9.10. The molecular formula is C48H41BrN4. The Morgan fingerprint density at radius 2 is 0.962 bits per heavy atom. The summed E-state index contributed by atoms with van der Waals surface area (Å²) >= 11 is 3.92. The van der Waals surface area contributed by atoms with Gasteiger partial charge in [-0.1, -0.05) is 106 Å². The number of hydrogen-bond donors (Lipinski definition) is 0. The number of halogens is 1. The summed E-state index contributed by atoms with van der Waals surface area (Å²) in [6, 6.07) is 39.6. The summed E-state index contributed by atoms with van der Waals surface area (Å²) in [6.07, 6.45) is 11.4. The molecule has 0 bridgehead atoms. The number of aromatic nitrogens is 4. The van der Waals surface area contributed by atoms with Crippen molar-refractivity contribution in [1.82, 2.24) is 19.9 Å². The number of nitrogens with zero attached hydrogens (tertiary/aromatic N) is 4. The molecule has 0 saturated carbocycles. The van der Waals surface area contributed by atoms with Crippen LogP contribution in [0.5, 0.6) is 0 Å². The Hall–Kier alpha value is -5.26. The van der Waals surface area contributed by atoms with E-state index in [1.54, 1.807) is 0 Å². The average molecular weight is 754 g/mol. The maximum Gasteiger partial charge on any atom is 0.165 e. The van der Waals surface area contributed by atoms with Gasteiger partial charge in [-0.25, -0.2) is 15.0 Å². The first kappa shape index (κ1) is 33.6. The molecule has 5 heteroatoms. The quantitative estimate of drug-likeness (QED) is 0.170. The molecule has 9 rings (SSSR count). The third kappa shape index (κ3) is 6.87. The van der Waals surface area contributed by atoms with Gasteiger partial charge in [0.2, 0.25) is 0 Å². The van der Waals surface area contributed by atoms with E-state index in [2.05, 4.69) is 139 Å². The Morgan fingerprint density at radius 3 is 1.53 bits per heavy atom. The molecule has 0 amide bonds. The minimum atomic E-state index is 0.638. The van der Waals surface area contributed by atoms with E-state index in [-0.39, 0.29) is 0 Å². The molecule has 0 unspecified atom stereocenters. The second-order valence-electron chi connectivity index (χ2n) is 14.7. The predicted molar refractivity (Wildman–Crippen MR) is 221 cm³/mol. The van der Waals surface area contributed by atoms with Crippen molar-refractivity contribution in [3.05, 3.63) is 153 Å². The van der Waals surface area contributed by atoms with Crippen LogP contribution in [0.2, 0.25) is 0 Å². The van der Waals surface area contributed by atoms with E-state index in [0.717, 1.165) is 63.7 Å². The summed E-state index contributed by atoms with van der Waals surface area (Å²) in [5.41, 5.74) is 17.9. The highest BCUT2D eigenvalue weighted by atomic mass is 79.9. The Morgan fingerprint density at radius 1 is 0.434 bits per heavy atom. The first-order valence-corrected chi connectivity index (χ1v) is 19.7. The number of pyridine rings is 1. The monoisotopic (exact) mass is 752 g/mol. The zero-order valence-electron chi connectivity index (χ0n) is 30.3. The summed E-state index contributed by atoms with van der Waals surface area (Å²) in [4.78, 5) is 20.2. The molecule has 0 atom stereocenters. The number of aryl methyl sites for hydroxylation is 6. The van der Waals surface area contributed by atoms with Crippen molar-refractivity contribution in [3.8, 4) is 67.7 Å². The zero-order valence-corrected chi connectivity index (χ0v) is 31.9. The van der Waals surface area contributed by atoms with Gasteiger partial charge in [0.15, 0.2) is 17.5 Å². The molecule has 2 aromatic heterocycles. The van der Waals surface area contributed by atoms with Crippen molar-refractivity contribution in [2.75, 3.05) is 0 Å². The van der Waals surface area contributed by atoms with Crippen LogP contribution in [0.3, 0.4) is 0 Å². The first-order valence-electron chi connectivity index (χ1n) is 18.9. The fraction of sp³-hybridized carbons (Fsp3) is 0.208. The molecule has 2 aliphatic rings. The van der Waals surface area contributed by atoms with Crippen molar-refractivity contribution in [3.63, 3.8) is 0 Å². The molecule has 0 fully saturated rings. The van der Waals surface area contributed by atoms with Crippen LogP contribution in [-0.2, 0) is 25.7 Å². The largest absolute Gasteiger partial charge is 0.255 e. The third-order valence-electron chi connectivity index (χ3n) is 10.9. The van der Waals surface area contributed by atoms with Crippen molar-refractivity contribution in [1.29, 1.82) is 0 Å². The van der Waals surface area contributed by atoms with Crippen LogP contribution in [0.15, 0.2) is 120 Å². The van der Waals surface area contributed by atoms with Gasteiger partial charge in [0.1, 0.15) is 0 Å². The molecule has 7 aromatic rings. The molecule has 4 nitrogen and oxygen atoms in total. The van der Waals surface area contributed by atoms with E-state index in [0.29, 0.717) is 17.5 Å². The van der Waals surface area contributed by atoms with E-state index in [1.165, 1.54) is 75.8 Å². The molecule has 0 saturated heterocycles. The van der Waals surface area contributed by atoms with Crippen molar-refractivity contribution in [2.45, 2.75) is 65.2 Å². The fourth-order valence-corrected chi connectivity index (χ4v) is 8.79. The van der Waals surface area contributed by atoms with Gasteiger partial charge < -0.3 is 0 Å². The van der Waals surface area contributed by atoms with E-state index >= 15 is 0 Å². The van der Waals surface area contributed by atoms with Crippen LogP contribution in [0.25, 0.3) is 67.7 Å². The van der Waals surface area contributed by atoms with Gasteiger partial charge in [0.25, 0.3) is 0 Å². The van der Waals surface area contributed by atoms with E-state index in [9.17, 15) is 0 Å². The van der Waals surface area contributed by atoms with Gasteiger partial charge in [-0.3, -0.25) is 4.98 Å². The summed E-state index contributed by atoms with van der Waals surface area (Å²) in [5, 5.41) is 0. The molecule has 0 N–H and O–H groups in total. The van der Waals surface area contributed by atoms with Crippen LogP contribution in [-0.4, -0.2) is 19.9 Å². The second kappa shape index (κ2) is 14.3. The van der Waals surface area contributed by atoms with Gasteiger partial charge in [0, 0.05) is 32.9 Å². The van der Waals surface area contributed by atoms with Crippen molar-refractivity contribution in [2.24, 2.45) is 0 Å². The maximum atomic E-state index is 5.09. The smallest absolute Gasteiger partial charge is 0.165 e. The molecule has 0 spiro atoms. The molecule has 0 radical (unpaired) electrons. The van der Waals surface area contributed by atoms with Crippen molar-refractivity contribution < 1.29 is 0 Å². The molecule has 5 aromatic carbocycles. The van der Waals surface area contributed by atoms with Gasteiger partial charge >= 0.3 is 0 Å². The second-order valence-corrected chi connectivity index (χ2v) is 15.6. The number of hydrogen-bond acceptors (Lipinski definition) is 4. The molecule has 53 heavy (non-hydrogen) atoms. The lowest BCUT2D eigenvalue weighted by molar-refractivity contribution is 0.685. The standard InChI is InChI=1S/C48H41BrN4/c1-30-23-31(2)25-40(24-30)41-13-7-8-14-42(41)43-21-19-36(28-44(43)49)45-22-20-39(29-50-45)48-52-46(37-17-15-32-9-3-5-11-34(32)26-37)51-47(53-48)38-18-16-33-10-4-6-12-35(33)27-38/h7-8,13-29H,3-6,9-12H2,1-2H3. The molecule has 0 aliphatic heterocycles. The van der Waals surface area contributed by atoms with Gasteiger partial charge in [-0.2, -0.15) is 0 Å². The predicted octanol–water partition coefficient (Wildman–Crippen LogP) is 12.4. The molecule has 2 aliphatic carbocycles. The highest BCUT2D eigenvalue weighted by Crippen LogP contribution is 2.39. The van der Waals surface area contributed by atoms with Gasteiger partial charge in [-0.15, -0.1) is 0 Å². The van der Waals surface area contributed by atoms with Crippen LogP contribution < -0.4 is 0 Å². The molecule has 260 valence electrons. The Labute approximate surface area is 320 Å². The van der Waals surface area contributed by atoms with Crippen LogP contribution in [0, 0.1) is 13.8 Å². The SMILES string of the molecule is Cc1cc(C)cc(-c2ccccc2-c2ccc(-c3ccc(-c4nc(-c5ccc6c(c5)CCCC6)nc(-c5ccc6c(c5)CCCC6)n4)cn3)cc2Br)c1. The summed E-state index contributed by atoms with van der Waals surface area (Å²) in [6.45, 7) is 4.32. The third-order valence-corrected chi connectivity index (χ3v) is 11.5. The summed E-state index contributed by atoms with van der Waals surface area (Å²) in [7, 11) is 0. The molecular weight excluding hydrogens is 712 g/mol. The Kier molecular flexibility index (Phi) is 9.05. The first-order chi connectivity index (χ1) is 25.9. The number of rotatable bonds is 6. The topological polar surface area (TPSA) is 51.6 Å². The van der Waals surface area contributed by atoms with Crippen LogP contribution >= 0.6 is 15.9 Å². The van der Waals surface area contributed by atoms with E-state index in [1.807, 2.05) is 6.20 Å². The Balaban J connectivity index is 1.06.